The molecule has 4 rings (SSSR count). The van der Waals surface area contributed by atoms with E-state index in [0.29, 0.717) is 24.2 Å². The summed E-state index contributed by atoms with van der Waals surface area (Å²) >= 11 is 1.41. The molecule has 0 saturated carbocycles. The molecule has 0 N–H and O–H groups in total. The van der Waals surface area contributed by atoms with E-state index in [9.17, 15) is 0 Å². The molecule has 1 heteroatoms. The summed E-state index contributed by atoms with van der Waals surface area (Å²) in [5, 5.41) is 1.67. The van der Waals surface area contributed by atoms with Gasteiger partial charge in [-0.05, 0) is 35.7 Å². The van der Waals surface area contributed by atoms with Crippen LogP contribution in [0.1, 0.15) is 11.0 Å². The maximum Gasteiger partial charge on any atom is 0.0638 e. The average Bonchev–Trinajstić information content (AvgIpc) is 2.95. The third kappa shape index (κ3) is 1.67. The van der Waals surface area contributed by atoms with Gasteiger partial charge in [0.05, 0.1) is 5.48 Å². The van der Waals surface area contributed by atoms with Gasteiger partial charge in [0.2, 0.25) is 0 Å². The minimum Gasteiger partial charge on any atom is -0.135 e. The normalized spacial score (nSPS) is 14.1. The largest absolute Gasteiger partial charge is 0.135 e. The van der Waals surface area contributed by atoms with Gasteiger partial charge in [-0.15, -0.1) is 11.3 Å². The van der Waals surface area contributed by atoms with E-state index in [1.165, 1.54) is 11.3 Å². The van der Waals surface area contributed by atoms with Crippen molar-refractivity contribution in [1.29, 1.82) is 0 Å². The lowest BCUT2D eigenvalue weighted by Gasteiger charge is -2.05. The zero-order valence-corrected chi connectivity index (χ0v) is 11.8. The summed E-state index contributed by atoms with van der Waals surface area (Å²) in [6.07, 6.45) is 0. The first-order valence-corrected chi connectivity index (χ1v) is 7.29. The maximum absolute atomic E-state index is 8.41. The van der Waals surface area contributed by atoms with Crippen molar-refractivity contribution in [2.75, 3.05) is 0 Å². The van der Waals surface area contributed by atoms with Crippen molar-refractivity contribution < 1.29 is 5.48 Å². The van der Waals surface area contributed by atoms with Crippen molar-refractivity contribution >= 4 is 31.5 Å². The Hall–Kier alpha value is -2.12. The number of rotatable bonds is 1. The monoisotopic (exact) mass is 278 g/mol. The van der Waals surface area contributed by atoms with Crippen LogP contribution in [0.2, 0.25) is 0 Å². The summed E-state index contributed by atoms with van der Waals surface area (Å²) in [4.78, 5) is 0. The predicted molar refractivity (Wildman–Crippen MR) is 89.5 cm³/mol. The van der Waals surface area contributed by atoms with Gasteiger partial charge in [-0.1, -0.05) is 54.5 Å². The predicted octanol–water partition coefficient (Wildman–Crippen LogP) is 6.03. The second kappa shape index (κ2) is 4.46. The molecule has 3 aromatic carbocycles. The van der Waals surface area contributed by atoms with E-state index in [1.807, 2.05) is 37.3 Å². The first-order chi connectivity index (χ1) is 11.5. The van der Waals surface area contributed by atoms with Crippen molar-refractivity contribution in [2.24, 2.45) is 0 Å². The van der Waals surface area contributed by atoms with Crippen LogP contribution in [0.15, 0.2) is 66.6 Å². The Morgan fingerprint density at radius 1 is 0.800 bits per heavy atom. The molecule has 0 nitrogen and oxygen atoms in total. The Morgan fingerprint density at radius 2 is 1.50 bits per heavy atom. The van der Waals surface area contributed by atoms with E-state index < -0.39 is 0 Å². The lowest BCUT2D eigenvalue weighted by molar-refractivity contribution is 1.55. The van der Waals surface area contributed by atoms with E-state index in [-0.39, 0.29) is 0 Å². The molecular weight excluding hydrogens is 260 g/mol. The van der Waals surface area contributed by atoms with Gasteiger partial charge >= 0.3 is 0 Å². The van der Waals surface area contributed by atoms with Crippen LogP contribution in [-0.4, -0.2) is 0 Å². The molecule has 1 aromatic heterocycles. The number of hydrogen-bond donors (Lipinski definition) is 0. The molecule has 20 heavy (non-hydrogen) atoms. The number of hydrogen-bond acceptors (Lipinski definition) is 1. The van der Waals surface area contributed by atoms with Crippen LogP contribution in [0.25, 0.3) is 31.3 Å². The lowest BCUT2D eigenvalue weighted by Crippen LogP contribution is -1.80. The molecule has 0 aliphatic carbocycles. The van der Waals surface area contributed by atoms with Crippen LogP contribution in [0, 0.1) is 6.92 Å². The minimum absolute atomic E-state index is 0.305. The quantitative estimate of drug-likeness (QED) is 0.399. The number of aryl methyl sites for hydroxylation is 1. The van der Waals surface area contributed by atoms with Gasteiger partial charge in [-0.2, -0.15) is 0 Å². The average molecular weight is 278 g/mol. The van der Waals surface area contributed by atoms with Crippen LogP contribution in [0.5, 0.6) is 0 Å². The van der Waals surface area contributed by atoms with E-state index in [1.54, 1.807) is 12.1 Å². The first-order valence-electron chi connectivity index (χ1n) is 8.47. The molecule has 0 atom stereocenters. The Balaban J connectivity index is 2.31. The fourth-order valence-electron chi connectivity index (χ4n) is 2.59. The summed E-state index contributed by atoms with van der Waals surface area (Å²) < 4.78 is 34.6. The third-order valence-corrected chi connectivity index (χ3v) is 4.56. The molecule has 0 radical (unpaired) electrons. The Labute approximate surface area is 127 Å². The molecule has 0 bridgehead atoms. The molecule has 0 saturated heterocycles. The molecule has 0 unspecified atom stereocenters. The summed E-state index contributed by atoms with van der Waals surface area (Å²) in [6.45, 7) is 1.88. The van der Waals surface area contributed by atoms with Gasteiger partial charge in [0.25, 0.3) is 0 Å². The highest BCUT2D eigenvalue weighted by Gasteiger charge is 2.11. The summed E-state index contributed by atoms with van der Waals surface area (Å²) in [7, 11) is 0. The van der Waals surface area contributed by atoms with Gasteiger partial charge in [-0.25, -0.2) is 0 Å². The number of benzene rings is 3. The van der Waals surface area contributed by atoms with Gasteiger partial charge in [0, 0.05) is 20.2 Å². The second-order valence-electron chi connectivity index (χ2n) is 4.74. The highest BCUT2D eigenvalue weighted by Crippen LogP contribution is 2.41. The van der Waals surface area contributed by atoms with E-state index in [0.717, 1.165) is 36.9 Å². The zero-order valence-electron chi connectivity index (χ0n) is 14.9. The van der Waals surface area contributed by atoms with E-state index in [2.05, 4.69) is 0 Å². The summed E-state index contributed by atoms with van der Waals surface area (Å²) in [5.74, 6) is 0. The van der Waals surface area contributed by atoms with Crippen LogP contribution < -0.4 is 0 Å². The first kappa shape index (κ1) is 8.23. The van der Waals surface area contributed by atoms with Crippen LogP contribution >= 0.6 is 11.3 Å². The number of thiophene rings is 1. The Kier molecular flexibility index (Phi) is 1.84. The maximum atomic E-state index is 8.41. The molecule has 4 aromatic rings. The molecule has 96 valence electrons. The fraction of sp³-hybridized carbons (Fsp3) is 0.0526. The summed E-state index contributed by atoms with van der Waals surface area (Å²) in [5.41, 5.74) is 2.50. The minimum atomic E-state index is 0.305. The molecule has 0 spiro atoms. The van der Waals surface area contributed by atoms with Gasteiger partial charge in [-0.3, -0.25) is 0 Å². The smallest absolute Gasteiger partial charge is 0.0638 e. The standard InChI is InChI=1S/C19H14S/c1-13-7-5-11-16-18(13)19-15(10-6-12-17(19)20-16)14-8-3-2-4-9-14/h2-12H,1H3/i7D,10D,11D,12D. The van der Waals surface area contributed by atoms with E-state index >= 15 is 0 Å². The Morgan fingerprint density at radius 3 is 2.30 bits per heavy atom. The molecule has 0 fully saturated rings. The second-order valence-corrected chi connectivity index (χ2v) is 5.76. The van der Waals surface area contributed by atoms with Crippen LogP contribution in [-0.2, 0) is 0 Å². The van der Waals surface area contributed by atoms with Crippen LogP contribution in [0.3, 0.4) is 0 Å². The van der Waals surface area contributed by atoms with Crippen molar-refractivity contribution in [3.05, 3.63) is 72.2 Å². The molecule has 1 heterocycles. The van der Waals surface area contributed by atoms with Crippen molar-refractivity contribution in [2.45, 2.75) is 6.92 Å². The zero-order chi connectivity index (χ0) is 17.0. The topological polar surface area (TPSA) is 0 Å². The van der Waals surface area contributed by atoms with Gasteiger partial charge in [0.15, 0.2) is 0 Å². The number of fused-ring (bicyclic) bond motifs is 3. The lowest BCUT2D eigenvalue weighted by atomic mass is 9.98. The summed E-state index contributed by atoms with van der Waals surface area (Å²) in [6, 6.07) is 14.1. The van der Waals surface area contributed by atoms with Crippen molar-refractivity contribution in [1.82, 2.24) is 0 Å². The van der Waals surface area contributed by atoms with Gasteiger partial charge < -0.3 is 0 Å². The molecular formula is C19H14S. The third-order valence-electron chi connectivity index (χ3n) is 3.51. The Bertz CT molecular complexity index is 1100. The van der Waals surface area contributed by atoms with Gasteiger partial charge in [0.1, 0.15) is 0 Å². The van der Waals surface area contributed by atoms with Crippen LogP contribution in [0.4, 0.5) is 0 Å². The van der Waals surface area contributed by atoms with Crippen molar-refractivity contribution in [3.8, 4) is 11.1 Å². The molecule has 0 aliphatic rings. The highest BCUT2D eigenvalue weighted by atomic mass is 32.1. The van der Waals surface area contributed by atoms with E-state index in [4.69, 9.17) is 5.48 Å². The van der Waals surface area contributed by atoms with Crippen molar-refractivity contribution in [3.63, 3.8) is 0 Å². The SMILES string of the molecule is [2H]c1cc([2H])c2sc3c([2H])cc([2H])c(-c4ccccc4)c3c2c1C. The molecule has 0 amide bonds. The fourth-order valence-corrected chi connectivity index (χ4v) is 3.69. The molecule has 0 aliphatic heterocycles. The highest BCUT2D eigenvalue weighted by molar-refractivity contribution is 7.26.